The van der Waals surface area contributed by atoms with E-state index in [9.17, 15) is 0 Å². The lowest BCUT2D eigenvalue weighted by atomic mass is 9.70. The van der Waals surface area contributed by atoms with Crippen LogP contribution >= 0.6 is 0 Å². The third-order valence-electron chi connectivity index (χ3n) is 15.1. The quantitative estimate of drug-likeness (QED) is 0.172. The summed E-state index contributed by atoms with van der Waals surface area (Å²) in [6.07, 6.45) is 0. The van der Waals surface area contributed by atoms with Gasteiger partial charge >= 0.3 is 0 Å². The van der Waals surface area contributed by atoms with Gasteiger partial charge in [0.2, 0.25) is 0 Å². The zero-order valence-electron chi connectivity index (χ0n) is 36.7. The van der Waals surface area contributed by atoms with Gasteiger partial charge in [-0.25, -0.2) is 0 Å². The van der Waals surface area contributed by atoms with Gasteiger partial charge in [-0.2, -0.15) is 0 Å². The summed E-state index contributed by atoms with van der Waals surface area (Å²) in [6, 6.07) is 83.3. The second-order valence-corrected chi connectivity index (χ2v) is 18.7. The van der Waals surface area contributed by atoms with Crippen molar-refractivity contribution in [3.63, 3.8) is 0 Å². The van der Waals surface area contributed by atoms with Crippen LogP contribution in [-0.2, 0) is 10.8 Å². The zero-order chi connectivity index (χ0) is 43.7. The largest absolute Gasteiger partial charge is 0.456 e. The predicted molar refractivity (Wildman–Crippen MR) is 273 cm³/mol. The number of hydrogen-bond acceptors (Lipinski definition) is 2. The minimum Gasteiger partial charge on any atom is -0.456 e. The molecule has 0 N–H and O–H groups in total. The predicted octanol–water partition coefficient (Wildman–Crippen LogP) is 17.0. The van der Waals surface area contributed by atoms with E-state index in [1.165, 1.54) is 77.9 Å². The lowest BCUT2D eigenvalue weighted by molar-refractivity contribution is 0.660. The van der Waals surface area contributed by atoms with E-state index in [4.69, 9.17) is 4.42 Å². The highest BCUT2D eigenvalue weighted by molar-refractivity contribution is 6.12. The molecule has 2 nitrogen and oxygen atoms in total. The summed E-state index contributed by atoms with van der Waals surface area (Å²) < 4.78 is 6.41. The molecule has 0 fully saturated rings. The Labute approximate surface area is 384 Å². The molecule has 1 aromatic heterocycles. The Morgan fingerprint density at radius 2 is 0.864 bits per heavy atom. The number of fused-ring (bicyclic) bond motifs is 16. The van der Waals surface area contributed by atoms with Crippen molar-refractivity contribution in [1.29, 1.82) is 0 Å². The molecular formula is C64H43NO. The highest BCUT2D eigenvalue weighted by Crippen LogP contribution is 2.64. The second-order valence-electron chi connectivity index (χ2n) is 18.7. The zero-order valence-corrected chi connectivity index (χ0v) is 36.7. The third kappa shape index (κ3) is 4.91. The number of hydrogen-bond donors (Lipinski definition) is 0. The van der Waals surface area contributed by atoms with E-state index in [-0.39, 0.29) is 5.41 Å². The summed E-state index contributed by atoms with van der Waals surface area (Å²) in [5.74, 6) is 0. The Bertz CT molecular complexity index is 3780. The Morgan fingerprint density at radius 1 is 0.348 bits per heavy atom. The summed E-state index contributed by atoms with van der Waals surface area (Å²) in [5.41, 5.74) is 25.1. The van der Waals surface area contributed by atoms with Gasteiger partial charge in [-0.3, -0.25) is 0 Å². The number of furan rings is 1. The Hall–Kier alpha value is -8.20. The van der Waals surface area contributed by atoms with Crippen LogP contribution < -0.4 is 4.90 Å². The van der Waals surface area contributed by atoms with Gasteiger partial charge in [0.1, 0.15) is 11.2 Å². The fourth-order valence-electron chi connectivity index (χ4n) is 12.4. The monoisotopic (exact) mass is 841 g/mol. The van der Waals surface area contributed by atoms with Crippen LogP contribution in [0.1, 0.15) is 47.2 Å². The molecule has 0 aliphatic heterocycles. The molecule has 3 aliphatic rings. The van der Waals surface area contributed by atoms with Crippen molar-refractivity contribution < 1.29 is 4.42 Å². The lowest BCUT2D eigenvalue weighted by Gasteiger charge is -2.31. The Morgan fingerprint density at radius 3 is 1.64 bits per heavy atom. The van der Waals surface area contributed by atoms with E-state index >= 15 is 0 Å². The third-order valence-corrected chi connectivity index (χ3v) is 15.1. The standard InChI is InChI=1S/C64H43NO/c1-63(2)52-28-9-3-20-44(52)47-37-36-42(39-57(47)63)65(41-19-15-18-40(38-41)43-26-17-35-60-62(43)51-25-8-14-34-59(51)66-60)58-33-13-7-23-48(58)49-27-16-32-56-61(49)50-24-6-12-31-55(50)64(56)53-29-10-4-21-45(53)46-22-5-11-30-54(46)64/h3-39H,1-2H3. The molecule has 0 radical (unpaired) electrons. The van der Waals surface area contributed by atoms with Crippen molar-refractivity contribution in [2.24, 2.45) is 0 Å². The second kappa shape index (κ2) is 13.7. The van der Waals surface area contributed by atoms with Crippen molar-refractivity contribution in [1.82, 2.24) is 0 Å². The molecule has 0 saturated carbocycles. The van der Waals surface area contributed by atoms with Crippen LogP contribution in [0.15, 0.2) is 229 Å². The topological polar surface area (TPSA) is 16.4 Å². The maximum atomic E-state index is 6.41. The molecule has 1 heterocycles. The molecule has 0 atom stereocenters. The summed E-state index contributed by atoms with van der Waals surface area (Å²) in [7, 11) is 0. The number of benzene rings is 10. The van der Waals surface area contributed by atoms with Crippen LogP contribution in [0.2, 0.25) is 0 Å². The number of nitrogens with zero attached hydrogens (tertiary/aromatic N) is 1. The first-order valence-electron chi connectivity index (χ1n) is 23.1. The van der Waals surface area contributed by atoms with Crippen LogP contribution in [0.4, 0.5) is 17.1 Å². The minimum atomic E-state index is -0.434. The first-order valence-corrected chi connectivity index (χ1v) is 23.1. The highest BCUT2D eigenvalue weighted by Gasteiger charge is 2.52. The molecule has 11 aromatic rings. The van der Waals surface area contributed by atoms with Crippen LogP contribution in [0, 0.1) is 0 Å². The van der Waals surface area contributed by atoms with E-state index in [0.717, 1.165) is 50.1 Å². The normalized spacial score (nSPS) is 14.2. The number of rotatable bonds is 5. The maximum Gasteiger partial charge on any atom is 0.136 e. The molecule has 66 heavy (non-hydrogen) atoms. The fraction of sp³-hybridized carbons (Fsp3) is 0.0625. The molecule has 10 aromatic carbocycles. The van der Waals surface area contributed by atoms with E-state index in [1.54, 1.807) is 0 Å². The summed E-state index contributed by atoms with van der Waals surface area (Å²) >= 11 is 0. The van der Waals surface area contributed by atoms with E-state index in [0.29, 0.717) is 0 Å². The van der Waals surface area contributed by atoms with E-state index < -0.39 is 5.41 Å². The first kappa shape index (κ1) is 37.2. The number of para-hydroxylation sites is 2. The summed E-state index contributed by atoms with van der Waals surface area (Å²) in [5, 5.41) is 2.26. The van der Waals surface area contributed by atoms with Gasteiger partial charge in [-0.05, 0) is 126 Å². The smallest absolute Gasteiger partial charge is 0.136 e. The molecule has 1 spiro atoms. The molecular weight excluding hydrogens is 799 g/mol. The fourth-order valence-corrected chi connectivity index (χ4v) is 12.4. The Balaban J connectivity index is 1.02. The van der Waals surface area contributed by atoms with Crippen molar-refractivity contribution >= 4 is 39.0 Å². The average molecular weight is 842 g/mol. The molecule has 0 unspecified atom stereocenters. The van der Waals surface area contributed by atoms with Crippen molar-refractivity contribution in [3.8, 4) is 55.6 Å². The molecule has 0 bridgehead atoms. The molecule has 14 rings (SSSR count). The molecule has 2 heteroatoms. The Kier molecular flexibility index (Phi) is 7.70. The summed E-state index contributed by atoms with van der Waals surface area (Å²) in [4.78, 5) is 2.50. The van der Waals surface area contributed by atoms with Gasteiger partial charge in [0.05, 0.1) is 11.1 Å². The highest BCUT2D eigenvalue weighted by atomic mass is 16.3. The average Bonchev–Trinajstić information content (AvgIpc) is 4.07. The van der Waals surface area contributed by atoms with Gasteiger partial charge in [0.25, 0.3) is 0 Å². The van der Waals surface area contributed by atoms with Crippen LogP contribution in [-0.4, -0.2) is 0 Å². The maximum absolute atomic E-state index is 6.41. The van der Waals surface area contributed by atoms with Crippen molar-refractivity contribution in [3.05, 3.63) is 258 Å². The number of anilines is 3. The van der Waals surface area contributed by atoms with Crippen LogP contribution in [0.5, 0.6) is 0 Å². The van der Waals surface area contributed by atoms with Gasteiger partial charge in [0, 0.05) is 33.1 Å². The van der Waals surface area contributed by atoms with E-state index in [1.807, 2.05) is 6.07 Å². The van der Waals surface area contributed by atoms with Crippen molar-refractivity contribution in [2.45, 2.75) is 24.7 Å². The van der Waals surface area contributed by atoms with Crippen LogP contribution in [0.25, 0.3) is 77.6 Å². The van der Waals surface area contributed by atoms with Gasteiger partial charge in [0.15, 0.2) is 0 Å². The van der Waals surface area contributed by atoms with Gasteiger partial charge in [-0.1, -0.05) is 196 Å². The molecule has 0 saturated heterocycles. The molecule has 0 amide bonds. The van der Waals surface area contributed by atoms with Crippen LogP contribution in [0.3, 0.4) is 0 Å². The van der Waals surface area contributed by atoms with E-state index in [2.05, 4.69) is 237 Å². The SMILES string of the molecule is CC1(C)c2ccccc2-c2ccc(N(c3cccc(-c4cccc5oc6ccccc6c45)c3)c3ccccc3-c3cccc4c3-c3ccccc3C43c4ccccc4-c4ccccc43)cc21. The first-order chi connectivity index (χ1) is 32.5. The van der Waals surface area contributed by atoms with Gasteiger partial charge in [-0.15, -0.1) is 0 Å². The molecule has 310 valence electrons. The lowest BCUT2D eigenvalue weighted by Crippen LogP contribution is -2.25. The minimum absolute atomic E-state index is 0.168. The molecule has 3 aliphatic carbocycles. The van der Waals surface area contributed by atoms with Gasteiger partial charge < -0.3 is 9.32 Å². The summed E-state index contributed by atoms with van der Waals surface area (Å²) in [6.45, 7) is 4.74. The van der Waals surface area contributed by atoms with Crippen molar-refractivity contribution in [2.75, 3.05) is 4.90 Å².